The van der Waals surface area contributed by atoms with Crippen LogP contribution >= 0.6 is 12.2 Å². The minimum Gasteiger partial charge on any atom is -0.393 e. The number of urea groups is 1. The molecule has 0 aliphatic carbocycles. The molecule has 1 saturated heterocycles. The molecule has 1 aliphatic heterocycles. The van der Waals surface area contributed by atoms with Gasteiger partial charge in [-0.05, 0) is 13.8 Å². The third-order valence-corrected chi connectivity index (χ3v) is 3.32. The lowest BCUT2D eigenvalue weighted by Crippen LogP contribution is -2.41. The highest BCUT2D eigenvalue weighted by atomic mass is 32.1. The van der Waals surface area contributed by atoms with Crippen LogP contribution in [0.5, 0.6) is 0 Å². The van der Waals surface area contributed by atoms with Crippen molar-refractivity contribution in [2.45, 2.75) is 32.2 Å². The number of thiocarbonyl (C=S) groups is 1. The Balaban J connectivity index is 2.47. The van der Waals surface area contributed by atoms with E-state index in [4.69, 9.17) is 18.0 Å². The van der Waals surface area contributed by atoms with Crippen molar-refractivity contribution < 1.29 is 14.4 Å². The maximum Gasteiger partial charge on any atom is 0.325 e. The first-order chi connectivity index (χ1) is 9.15. The van der Waals surface area contributed by atoms with Gasteiger partial charge in [0.05, 0.1) is 4.99 Å². The van der Waals surface area contributed by atoms with Crippen molar-refractivity contribution in [3.05, 3.63) is 0 Å². The number of carbonyl (C=O) groups is 3. The third-order valence-electron chi connectivity index (χ3n) is 3.11. The van der Waals surface area contributed by atoms with Crippen LogP contribution < -0.4 is 11.1 Å². The second kappa shape index (κ2) is 6.17. The van der Waals surface area contributed by atoms with Crippen molar-refractivity contribution in [2.75, 3.05) is 20.1 Å². The van der Waals surface area contributed by atoms with Crippen molar-refractivity contribution in [3.63, 3.8) is 0 Å². The van der Waals surface area contributed by atoms with Crippen LogP contribution in [0, 0.1) is 0 Å². The monoisotopic (exact) mass is 300 g/mol. The van der Waals surface area contributed by atoms with E-state index in [1.54, 1.807) is 20.9 Å². The van der Waals surface area contributed by atoms with Crippen LogP contribution in [0.4, 0.5) is 4.79 Å². The van der Waals surface area contributed by atoms with Gasteiger partial charge in [0.1, 0.15) is 5.54 Å². The average Bonchev–Trinajstić information content (AvgIpc) is 2.53. The number of imide groups is 1. The third kappa shape index (κ3) is 3.89. The van der Waals surface area contributed by atoms with Crippen molar-refractivity contribution in [3.8, 4) is 0 Å². The summed E-state index contributed by atoms with van der Waals surface area (Å²) in [7, 11) is 1.64. The second-order valence-corrected chi connectivity index (χ2v) is 5.82. The molecule has 20 heavy (non-hydrogen) atoms. The molecular formula is C12H20N4O3S. The Morgan fingerprint density at radius 2 is 2.00 bits per heavy atom. The summed E-state index contributed by atoms with van der Waals surface area (Å²) in [4.78, 5) is 38.3. The summed E-state index contributed by atoms with van der Waals surface area (Å²) in [6.45, 7) is 3.76. The Hall–Kier alpha value is -1.70. The molecule has 8 heteroatoms. The highest BCUT2D eigenvalue weighted by Gasteiger charge is 2.44. The summed E-state index contributed by atoms with van der Waals surface area (Å²) >= 11 is 4.74. The zero-order valence-corrected chi connectivity index (χ0v) is 12.7. The number of amides is 4. The predicted molar refractivity (Wildman–Crippen MR) is 78.0 cm³/mol. The fraction of sp³-hybridized carbons (Fsp3) is 0.667. The molecule has 1 aliphatic rings. The molecule has 0 saturated carbocycles. The van der Waals surface area contributed by atoms with Crippen LogP contribution in [-0.4, -0.2) is 58.3 Å². The van der Waals surface area contributed by atoms with Crippen LogP contribution in [0.1, 0.15) is 26.7 Å². The fourth-order valence-electron chi connectivity index (χ4n) is 1.82. The maximum atomic E-state index is 11.9. The van der Waals surface area contributed by atoms with E-state index in [-0.39, 0.29) is 24.8 Å². The molecule has 0 spiro atoms. The summed E-state index contributed by atoms with van der Waals surface area (Å²) in [5.41, 5.74) is 4.46. The van der Waals surface area contributed by atoms with Gasteiger partial charge >= 0.3 is 6.03 Å². The Bertz CT molecular complexity index is 450. The Labute approximate surface area is 123 Å². The summed E-state index contributed by atoms with van der Waals surface area (Å²) in [5.74, 6) is -0.479. The molecule has 0 aromatic heterocycles. The lowest BCUT2D eigenvalue weighted by atomic mass is 10.1. The topological polar surface area (TPSA) is 95.7 Å². The van der Waals surface area contributed by atoms with Gasteiger partial charge in [-0.1, -0.05) is 12.2 Å². The predicted octanol–water partition coefficient (Wildman–Crippen LogP) is -0.158. The standard InChI is InChI=1S/C12H20N4O3S/c1-12(2)10(18)16(11(19)14-12)7-5-9(17)15(3)6-4-8(13)20/h4-7H2,1-3H3,(H2,13,20)(H,14,19). The molecule has 1 fully saturated rings. The quantitative estimate of drug-likeness (QED) is 0.525. The van der Waals surface area contributed by atoms with Crippen LogP contribution in [-0.2, 0) is 9.59 Å². The molecule has 0 atom stereocenters. The first-order valence-electron chi connectivity index (χ1n) is 6.31. The fourth-order valence-corrected chi connectivity index (χ4v) is 1.91. The molecule has 0 unspecified atom stereocenters. The Morgan fingerprint density at radius 1 is 1.40 bits per heavy atom. The molecule has 1 heterocycles. The van der Waals surface area contributed by atoms with Crippen LogP contribution in [0.2, 0.25) is 0 Å². The van der Waals surface area contributed by atoms with Crippen LogP contribution in [0.3, 0.4) is 0 Å². The molecule has 0 bridgehead atoms. The van der Waals surface area contributed by atoms with Crippen molar-refractivity contribution in [2.24, 2.45) is 5.73 Å². The average molecular weight is 300 g/mol. The number of nitrogens with zero attached hydrogens (tertiary/aromatic N) is 2. The van der Waals surface area contributed by atoms with Gasteiger partial charge in [-0.2, -0.15) is 0 Å². The van der Waals surface area contributed by atoms with Crippen LogP contribution in [0.15, 0.2) is 0 Å². The van der Waals surface area contributed by atoms with E-state index in [2.05, 4.69) is 5.32 Å². The summed E-state index contributed by atoms with van der Waals surface area (Å²) in [6.07, 6.45) is 0.539. The first kappa shape index (κ1) is 16.4. The minimum absolute atomic E-state index is 0.0738. The van der Waals surface area contributed by atoms with Gasteiger partial charge in [0, 0.05) is 33.0 Å². The normalized spacial score (nSPS) is 17.1. The lowest BCUT2D eigenvalue weighted by molar-refractivity contribution is -0.132. The molecular weight excluding hydrogens is 280 g/mol. The number of carbonyl (C=O) groups excluding carboxylic acids is 3. The van der Waals surface area contributed by atoms with Crippen molar-refractivity contribution in [1.82, 2.24) is 15.1 Å². The first-order valence-corrected chi connectivity index (χ1v) is 6.72. The van der Waals surface area contributed by atoms with E-state index in [9.17, 15) is 14.4 Å². The summed E-state index contributed by atoms with van der Waals surface area (Å²) < 4.78 is 0. The number of hydrogen-bond donors (Lipinski definition) is 2. The second-order valence-electron chi connectivity index (χ2n) is 5.29. The number of hydrogen-bond acceptors (Lipinski definition) is 4. The number of rotatable bonds is 6. The van der Waals surface area contributed by atoms with E-state index >= 15 is 0 Å². The molecule has 7 nitrogen and oxygen atoms in total. The van der Waals surface area contributed by atoms with Gasteiger partial charge in [0.2, 0.25) is 5.91 Å². The van der Waals surface area contributed by atoms with Gasteiger partial charge in [-0.3, -0.25) is 14.5 Å². The van der Waals surface area contributed by atoms with E-state index in [0.29, 0.717) is 18.0 Å². The molecule has 3 N–H and O–H groups in total. The number of nitrogens with one attached hydrogen (secondary N) is 1. The molecule has 0 aromatic carbocycles. The van der Waals surface area contributed by atoms with Gasteiger partial charge in [0.15, 0.2) is 0 Å². The molecule has 0 aromatic rings. The highest BCUT2D eigenvalue weighted by Crippen LogP contribution is 2.16. The Kier molecular flexibility index (Phi) is 5.04. The van der Waals surface area contributed by atoms with Gasteiger partial charge in [-0.25, -0.2) is 4.79 Å². The van der Waals surface area contributed by atoms with E-state index in [0.717, 1.165) is 4.90 Å². The van der Waals surface area contributed by atoms with Gasteiger partial charge in [-0.15, -0.1) is 0 Å². The van der Waals surface area contributed by atoms with Gasteiger partial charge < -0.3 is 16.0 Å². The van der Waals surface area contributed by atoms with E-state index < -0.39 is 11.6 Å². The molecule has 4 amide bonds. The molecule has 0 radical (unpaired) electrons. The largest absolute Gasteiger partial charge is 0.393 e. The van der Waals surface area contributed by atoms with Crippen molar-refractivity contribution >= 4 is 35.1 Å². The zero-order chi connectivity index (χ0) is 15.5. The van der Waals surface area contributed by atoms with E-state index in [1.807, 2.05) is 0 Å². The summed E-state index contributed by atoms with van der Waals surface area (Å²) in [5, 5.41) is 2.56. The van der Waals surface area contributed by atoms with Gasteiger partial charge in [0.25, 0.3) is 5.91 Å². The Morgan fingerprint density at radius 3 is 2.45 bits per heavy atom. The van der Waals surface area contributed by atoms with E-state index in [1.165, 1.54) is 4.90 Å². The highest BCUT2D eigenvalue weighted by molar-refractivity contribution is 7.80. The summed E-state index contributed by atoms with van der Waals surface area (Å²) in [6, 6.07) is -0.460. The number of nitrogens with two attached hydrogens (primary N) is 1. The van der Waals surface area contributed by atoms with Crippen molar-refractivity contribution in [1.29, 1.82) is 0 Å². The minimum atomic E-state index is -0.905. The maximum absolute atomic E-state index is 11.9. The molecule has 112 valence electrons. The SMILES string of the molecule is CN(CCC(N)=S)C(=O)CCN1C(=O)NC(C)(C)C1=O. The smallest absolute Gasteiger partial charge is 0.325 e. The molecule has 1 rings (SSSR count). The lowest BCUT2D eigenvalue weighted by Gasteiger charge is -2.19. The zero-order valence-electron chi connectivity index (χ0n) is 11.9. The van der Waals surface area contributed by atoms with Crippen LogP contribution in [0.25, 0.3) is 0 Å².